The number of pyridine rings is 1. The highest BCUT2D eigenvalue weighted by atomic mass is 79.9. The number of carbonyl (C=O) groups is 1. The Morgan fingerprint density at radius 3 is 2.59 bits per heavy atom. The van der Waals surface area contributed by atoms with Crippen molar-refractivity contribution in [1.29, 1.82) is 0 Å². The molecule has 0 aliphatic rings. The Bertz CT molecular complexity index is 437. The molecule has 17 heavy (non-hydrogen) atoms. The molecule has 0 fully saturated rings. The third-order valence-electron chi connectivity index (χ3n) is 1.85. The van der Waals surface area contributed by atoms with Crippen molar-refractivity contribution in [1.82, 2.24) is 4.98 Å². The minimum Gasteiger partial charge on any atom is -0.480 e. The first-order valence-corrected chi connectivity index (χ1v) is 5.24. The lowest BCUT2D eigenvalue weighted by Gasteiger charge is -2.13. The molecule has 1 unspecified atom stereocenters. The zero-order valence-corrected chi connectivity index (χ0v) is 10.1. The van der Waals surface area contributed by atoms with Crippen molar-refractivity contribution in [3.05, 3.63) is 22.3 Å². The van der Waals surface area contributed by atoms with Crippen molar-refractivity contribution in [3.8, 4) is 0 Å². The smallest absolute Gasteiger partial charge is 0.434 e. The van der Waals surface area contributed by atoms with Gasteiger partial charge in [0.05, 0.1) is 0 Å². The second-order valence-corrected chi connectivity index (χ2v) is 4.08. The van der Waals surface area contributed by atoms with Crippen LogP contribution in [0, 0.1) is 0 Å². The molecule has 4 nitrogen and oxygen atoms in total. The lowest BCUT2D eigenvalue weighted by Crippen LogP contribution is -2.26. The van der Waals surface area contributed by atoms with Crippen molar-refractivity contribution < 1.29 is 23.1 Å². The summed E-state index contributed by atoms with van der Waals surface area (Å²) >= 11 is 2.73. The molecule has 1 heterocycles. The summed E-state index contributed by atoms with van der Waals surface area (Å²) in [6.07, 6.45) is -4.59. The molecule has 94 valence electrons. The van der Waals surface area contributed by atoms with E-state index in [1.807, 2.05) is 0 Å². The standard InChI is InChI=1S/C9H8BrF3N2O2/c1-4(8(16)17)14-6-3-2-5(10)7(15-6)9(11,12)13/h2-4H,1H3,(H,14,15)(H,16,17). The number of alkyl halides is 3. The van der Waals surface area contributed by atoms with Crippen LogP contribution in [0.15, 0.2) is 16.6 Å². The second kappa shape index (κ2) is 4.91. The molecule has 0 bridgehead atoms. The maximum atomic E-state index is 12.5. The summed E-state index contributed by atoms with van der Waals surface area (Å²) in [5.41, 5.74) is -1.10. The van der Waals surface area contributed by atoms with E-state index in [1.54, 1.807) is 0 Å². The predicted octanol–water partition coefficient (Wildman–Crippen LogP) is 2.75. The second-order valence-electron chi connectivity index (χ2n) is 3.23. The van der Waals surface area contributed by atoms with E-state index in [-0.39, 0.29) is 10.3 Å². The number of carboxylic acids is 1. The minimum atomic E-state index is -4.59. The third-order valence-corrected chi connectivity index (χ3v) is 2.49. The molecule has 0 spiro atoms. The predicted molar refractivity (Wildman–Crippen MR) is 57.7 cm³/mol. The number of hydrogen-bond acceptors (Lipinski definition) is 3. The summed E-state index contributed by atoms with van der Waals surface area (Å²) in [6.45, 7) is 1.30. The fourth-order valence-corrected chi connectivity index (χ4v) is 1.45. The van der Waals surface area contributed by atoms with Gasteiger partial charge in [-0.1, -0.05) is 0 Å². The fraction of sp³-hybridized carbons (Fsp3) is 0.333. The number of carboxylic acid groups (broad SMARTS) is 1. The normalized spacial score (nSPS) is 13.2. The monoisotopic (exact) mass is 312 g/mol. The molecule has 0 aromatic carbocycles. The van der Waals surface area contributed by atoms with E-state index < -0.39 is 23.9 Å². The van der Waals surface area contributed by atoms with Crippen LogP contribution in [-0.4, -0.2) is 22.1 Å². The molecule has 1 rings (SSSR count). The molecule has 0 aliphatic carbocycles. The van der Waals surface area contributed by atoms with E-state index in [4.69, 9.17) is 5.11 Å². The van der Waals surface area contributed by atoms with E-state index in [0.717, 1.165) is 6.07 Å². The summed E-state index contributed by atoms with van der Waals surface area (Å²) in [6, 6.07) is 1.40. The number of rotatable bonds is 3. The zero-order valence-electron chi connectivity index (χ0n) is 8.55. The largest absolute Gasteiger partial charge is 0.480 e. The van der Waals surface area contributed by atoms with Gasteiger partial charge in [-0.15, -0.1) is 0 Å². The number of anilines is 1. The highest BCUT2D eigenvalue weighted by Crippen LogP contribution is 2.34. The number of aromatic nitrogens is 1. The first-order chi connectivity index (χ1) is 7.71. The van der Waals surface area contributed by atoms with Crippen LogP contribution in [0.4, 0.5) is 19.0 Å². The van der Waals surface area contributed by atoms with Crippen LogP contribution in [0.1, 0.15) is 12.6 Å². The SMILES string of the molecule is CC(Nc1ccc(Br)c(C(F)(F)F)n1)C(=O)O. The van der Waals surface area contributed by atoms with Gasteiger partial charge in [-0.2, -0.15) is 13.2 Å². The van der Waals surface area contributed by atoms with E-state index in [2.05, 4.69) is 26.2 Å². The topological polar surface area (TPSA) is 62.2 Å². The highest BCUT2D eigenvalue weighted by Gasteiger charge is 2.35. The van der Waals surface area contributed by atoms with Gasteiger partial charge in [0.1, 0.15) is 11.9 Å². The van der Waals surface area contributed by atoms with Crippen LogP contribution in [-0.2, 0) is 11.0 Å². The Balaban J connectivity index is 3.01. The molecule has 0 aliphatic heterocycles. The van der Waals surface area contributed by atoms with Gasteiger partial charge in [0.25, 0.3) is 0 Å². The molecule has 8 heteroatoms. The number of hydrogen-bond donors (Lipinski definition) is 2. The molecular weight excluding hydrogens is 305 g/mol. The molecule has 1 aromatic rings. The Morgan fingerprint density at radius 2 is 2.12 bits per heavy atom. The minimum absolute atomic E-state index is 0.143. The summed E-state index contributed by atoms with van der Waals surface area (Å²) in [5, 5.41) is 11.0. The van der Waals surface area contributed by atoms with Crippen LogP contribution in [0.5, 0.6) is 0 Å². The van der Waals surface area contributed by atoms with Gasteiger partial charge in [-0.3, -0.25) is 4.79 Å². The summed E-state index contributed by atoms with van der Waals surface area (Å²) < 4.78 is 37.3. The van der Waals surface area contributed by atoms with Crippen LogP contribution in [0.2, 0.25) is 0 Å². The van der Waals surface area contributed by atoms with E-state index >= 15 is 0 Å². The maximum Gasteiger partial charge on any atom is 0.434 e. The third kappa shape index (κ3) is 3.58. The van der Waals surface area contributed by atoms with Gasteiger partial charge < -0.3 is 10.4 Å². The lowest BCUT2D eigenvalue weighted by molar-refractivity contribution is -0.141. The summed E-state index contributed by atoms with van der Waals surface area (Å²) in [4.78, 5) is 13.9. The van der Waals surface area contributed by atoms with Crippen molar-refractivity contribution in [2.45, 2.75) is 19.1 Å². The van der Waals surface area contributed by atoms with E-state index in [0.29, 0.717) is 0 Å². The first-order valence-electron chi connectivity index (χ1n) is 4.45. The average molecular weight is 313 g/mol. The van der Waals surface area contributed by atoms with Crippen LogP contribution in [0.25, 0.3) is 0 Å². The fourth-order valence-electron chi connectivity index (χ4n) is 1.00. The van der Waals surface area contributed by atoms with Gasteiger partial charge in [0.15, 0.2) is 5.69 Å². The Hall–Kier alpha value is -1.31. The molecule has 0 radical (unpaired) electrons. The molecule has 0 amide bonds. The zero-order chi connectivity index (χ0) is 13.2. The highest BCUT2D eigenvalue weighted by molar-refractivity contribution is 9.10. The average Bonchev–Trinajstić information content (AvgIpc) is 2.19. The maximum absolute atomic E-state index is 12.5. The number of nitrogens with one attached hydrogen (secondary N) is 1. The Labute approximate surface area is 103 Å². The Kier molecular flexibility index (Phi) is 3.97. The number of nitrogens with zero attached hydrogens (tertiary/aromatic N) is 1. The van der Waals surface area contributed by atoms with Gasteiger partial charge >= 0.3 is 12.1 Å². The molecule has 1 atom stereocenters. The van der Waals surface area contributed by atoms with Gasteiger partial charge in [-0.25, -0.2) is 4.98 Å². The van der Waals surface area contributed by atoms with Crippen LogP contribution >= 0.6 is 15.9 Å². The van der Waals surface area contributed by atoms with Gasteiger partial charge in [-0.05, 0) is 35.0 Å². The van der Waals surface area contributed by atoms with Crippen molar-refractivity contribution in [2.75, 3.05) is 5.32 Å². The van der Waals surface area contributed by atoms with E-state index in [1.165, 1.54) is 13.0 Å². The Morgan fingerprint density at radius 1 is 1.53 bits per heavy atom. The van der Waals surface area contributed by atoms with Gasteiger partial charge in [0, 0.05) is 4.47 Å². The van der Waals surface area contributed by atoms with E-state index in [9.17, 15) is 18.0 Å². The quantitative estimate of drug-likeness (QED) is 0.901. The summed E-state index contributed by atoms with van der Waals surface area (Å²) in [7, 11) is 0. The first kappa shape index (κ1) is 13.8. The molecule has 0 saturated carbocycles. The lowest BCUT2D eigenvalue weighted by atomic mass is 10.3. The van der Waals surface area contributed by atoms with Crippen molar-refractivity contribution in [3.63, 3.8) is 0 Å². The van der Waals surface area contributed by atoms with Crippen LogP contribution in [0.3, 0.4) is 0 Å². The van der Waals surface area contributed by atoms with Crippen molar-refractivity contribution >= 4 is 27.7 Å². The number of aliphatic carboxylic acids is 1. The molecule has 2 N–H and O–H groups in total. The van der Waals surface area contributed by atoms with Crippen LogP contribution < -0.4 is 5.32 Å². The van der Waals surface area contributed by atoms with Crippen molar-refractivity contribution in [2.24, 2.45) is 0 Å². The summed E-state index contributed by atoms with van der Waals surface area (Å²) in [5.74, 6) is -1.32. The molecule has 0 saturated heterocycles. The number of halogens is 4. The van der Waals surface area contributed by atoms with Gasteiger partial charge in [0.2, 0.25) is 0 Å². The molecular formula is C9H8BrF3N2O2. The molecule has 1 aromatic heterocycles.